The molecule has 3 nitrogen and oxygen atoms in total. The Morgan fingerprint density at radius 3 is 2.62 bits per heavy atom. The number of hydrogen-bond acceptors (Lipinski definition) is 3. The van der Waals surface area contributed by atoms with Gasteiger partial charge in [-0.1, -0.05) is 12.8 Å². The van der Waals surface area contributed by atoms with Crippen LogP contribution in [0.25, 0.3) is 0 Å². The third-order valence-corrected chi connectivity index (χ3v) is 3.61. The fourth-order valence-electron chi connectivity index (χ4n) is 2.62. The Kier molecular flexibility index (Phi) is 5.59. The van der Waals surface area contributed by atoms with E-state index in [0.29, 0.717) is 6.10 Å². The summed E-state index contributed by atoms with van der Waals surface area (Å²) in [5, 5.41) is 3.55. The lowest BCUT2D eigenvalue weighted by atomic mass is 10.1. The van der Waals surface area contributed by atoms with Crippen LogP contribution in [0.4, 0.5) is 0 Å². The number of rotatable bonds is 6. The van der Waals surface area contributed by atoms with Crippen molar-refractivity contribution in [1.82, 2.24) is 5.32 Å². The van der Waals surface area contributed by atoms with Gasteiger partial charge in [0.25, 0.3) is 0 Å². The average Bonchev–Trinajstić information content (AvgIpc) is 2.83. The Bertz CT molecular complexity index is 175. The molecule has 2 fully saturated rings. The summed E-state index contributed by atoms with van der Waals surface area (Å²) in [7, 11) is 0. The molecule has 2 aliphatic rings. The van der Waals surface area contributed by atoms with Gasteiger partial charge >= 0.3 is 0 Å². The van der Waals surface area contributed by atoms with Gasteiger partial charge in [0.15, 0.2) is 0 Å². The van der Waals surface area contributed by atoms with Crippen molar-refractivity contribution in [3.05, 3.63) is 0 Å². The van der Waals surface area contributed by atoms with E-state index in [1.54, 1.807) is 0 Å². The first-order chi connectivity index (χ1) is 7.95. The molecule has 1 unspecified atom stereocenters. The molecule has 3 heteroatoms. The van der Waals surface area contributed by atoms with E-state index in [1.807, 2.05) is 0 Å². The van der Waals surface area contributed by atoms with Crippen molar-refractivity contribution in [2.75, 3.05) is 26.4 Å². The van der Waals surface area contributed by atoms with Crippen molar-refractivity contribution in [1.29, 1.82) is 0 Å². The maximum Gasteiger partial charge on any atom is 0.0808 e. The fourth-order valence-corrected chi connectivity index (χ4v) is 2.62. The van der Waals surface area contributed by atoms with Crippen LogP contribution in [0.5, 0.6) is 0 Å². The van der Waals surface area contributed by atoms with E-state index < -0.39 is 0 Å². The highest BCUT2D eigenvalue weighted by molar-refractivity contribution is 4.73. The molecule has 1 aliphatic carbocycles. The van der Waals surface area contributed by atoms with E-state index >= 15 is 0 Å². The number of nitrogens with one attached hydrogen (secondary N) is 1. The lowest BCUT2D eigenvalue weighted by Gasteiger charge is -2.22. The van der Waals surface area contributed by atoms with Crippen LogP contribution < -0.4 is 5.32 Å². The van der Waals surface area contributed by atoms with Gasteiger partial charge in [-0.3, -0.25) is 0 Å². The molecule has 0 spiro atoms. The van der Waals surface area contributed by atoms with Crippen molar-refractivity contribution < 1.29 is 9.47 Å². The van der Waals surface area contributed by atoms with Gasteiger partial charge in [-0.15, -0.1) is 0 Å². The first-order valence-corrected chi connectivity index (χ1v) is 6.88. The van der Waals surface area contributed by atoms with Gasteiger partial charge in [-0.25, -0.2) is 0 Å². The second-order valence-corrected chi connectivity index (χ2v) is 5.00. The van der Waals surface area contributed by atoms with E-state index in [4.69, 9.17) is 9.47 Å². The van der Waals surface area contributed by atoms with Gasteiger partial charge in [0.05, 0.1) is 19.3 Å². The summed E-state index contributed by atoms with van der Waals surface area (Å²) >= 11 is 0. The highest BCUT2D eigenvalue weighted by Crippen LogP contribution is 2.17. The molecule has 1 N–H and O–H groups in total. The monoisotopic (exact) mass is 227 g/mol. The van der Waals surface area contributed by atoms with E-state index in [0.717, 1.165) is 32.4 Å². The lowest BCUT2D eigenvalue weighted by Crippen LogP contribution is -2.31. The van der Waals surface area contributed by atoms with E-state index in [1.165, 1.54) is 44.9 Å². The predicted molar refractivity (Wildman–Crippen MR) is 64.7 cm³/mol. The summed E-state index contributed by atoms with van der Waals surface area (Å²) in [6, 6.07) is 0.759. The third kappa shape index (κ3) is 4.40. The molecule has 94 valence electrons. The molecular weight excluding hydrogens is 202 g/mol. The topological polar surface area (TPSA) is 30.5 Å². The Balaban J connectivity index is 1.42. The standard InChI is InChI=1S/C13H25NO2/c1-2-6-12(5-1)14-8-10-15-11-13-7-3-4-9-16-13/h12-14H,1-11H2. The van der Waals surface area contributed by atoms with Crippen LogP contribution in [-0.2, 0) is 9.47 Å². The summed E-state index contributed by atoms with van der Waals surface area (Å²) in [6.45, 7) is 3.54. The Morgan fingerprint density at radius 1 is 1.06 bits per heavy atom. The van der Waals surface area contributed by atoms with Gasteiger partial charge in [0.2, 0.25) is 0 Å². The molecule has 1 saturated carbocycles. The molecule has 0 aromatic rings. The summed E-state index contributed by atoms with van der Waals surface area (Å²) in [5.74, 6) is 0. The van der Waals surface area contributed by atoms with Crippen molar-refractivity contribution in [3.8, 4) is 0 Å². The first kappa shape index (κ1) is 12.3. The largest absolute Gasteiger partial charge is 0.377 e. The van der Waals surface area contributed by atoms with Gasteiger partial charge < -0.3 is 14.8 Å². The van der Waals surface area contributed by atoms with E-state index in [9.17, 15) is 0 Å². The zero-order valence-electron chi connectivity index (χ0n) is 10.2. The second kappa shape index (κ2) is 7.25. The molecule has 0 bridgehead atoms. The minimum absolute atomic E-state index is 0.361. The summed E-state index contributed by atoms with van der Waals surface area (Å²) in [5.41, 5.74) is 0. The molecule has 0 aromatic carbocycles. The van der Waals surface area contributed by atoms with Crippen LogP contribution in [0.3, 0.4) is 0 Å². The minimum atomic E-state index is 0.361. The molecule has 1 heterocycles. The highest BCUT2D eigenvalue weighted by Gasteiger charge is 2.15. The zero-order valence-corrected chi connectivity index (χ0v) is 10.2. The molecule has 0 aromatic heterocycles. The molecule has 1 aliphatic heterocycles. The van der Waals surface area contributed by atoms with Crippen LogP contribution in [0.1, 0.15) is 44.9 Å². The van der Waals surface area contributed by atoms with E-state index in [2.05, 4.69) is 5.32 Å². The van der Waals surface area contributed by atoms with Crippen LogP contribution in [0.2, 0.25) is 0 Å². The zero-order chi connectivity index (χ0) is 11.1. The van der Waals surface area contributed by atoms with E-state index in [-0.39, 0.29) is 0 Å². The van der Waals surface area contributed by atoms with Crippen molar-refractivity contribution in [3.63, 3.8) is 0 Å². The van der Waals surface area contributed by atoms with Crippen molar-refractivity contribution in [2.24, 2.45) is 0 Å². The summed E-state index contributed by atoms with van der Waals surface area (Å²) in [4.78, 5) is 0. The predicted octanol–water partition coefficient (Wildman–Crippen LogP) is 2.10. The molecule has 0 radical (unpaired) electrons. The quantitative estimate of drug-likeness (QED) is 0.705. The number of ether oxygens (including phenoxy) is 2. The van der Waals surface area contributed by atoms with Gasteiger partial charge in [0.1, 0.15) is 0 Å². The van der Waals surface area contributed by atoms with Crippen LogP contribution >= 0.6 is 0 Å². The molecule has 2 rings (SSSR count). The van der Waals surface area contributed by atoms with Gasteiger partial charge in [-0.2, -0.15) is 0 Å². The minimum Gasteiger partial charge on any atom is -0.377 e. The Hall–Kier alpha value is -0.120. The maximum absolute atomic E-state index is 5.65. The SMILES string of the molecule is C1CCC(COCCNC2CCCC2)OC1. The normalized spacial score (nSPS) is 27.4. The second-order valence-electron chi connectivity index (χ2n) is 5.00. The van der Waals surface area contributed by atoms with Crippen LogP contribution in [0, 0.1) is 0 Å². The van der Waals surface area contributed by atoms with Crippen molar-refractivity contribution in [2.45, 2.75) is 57.1 Å². The molecule has 16 heavy (non-hydrogen) atoms. The third-order valence-electron chi connectivity index (χ3n) is 3.61. The highest BCUT2D eigenvalue weighted by atomic mass is 16.5. The number of hydrogen-bond donors (Lipinski definition) is 1. The molecule has 1 atom stereocenters. The van der Waals surface area contributed by atoms with Crippen LogP contribution in [-0.4, -0.2) is 38.5 Å². The van der Waals surface area contributed by atoms with Crippen LogP contribution in [0.15, 0.2) is 0 Å². The fraction of sp³-hybridized carbons (Fsp3) is 1.00. The lowest BCUT2D eigenvalue weighted by molar-refractivity contribution is -0.0400. The first-order valence-electron chi connectivity index (χ1n) is 6.88. The molecular formula is C13H25NO2. The Labute approximate surface area is 98.9 Å². The van der Waals surface area contributed by atoms with Gasteiger partial charge in [-0.05, 0) is 32.1 Å². The van der Waals surface area contributed by atoms with Gasteiger partial charge in [0, 0.05) is 19.2 Å². The molecule has 1 saturated heterocycles. The average molecular weight is 227 g/mol. The Morgan fingerprint density at radius 2 is 1.88 bits per heavy atom. The molecule has 0 amide bonds. The summed E-state index contributed by atoms with van der Waals surface area (Å²) in [6.07, 6.45) is 9.56. The maximum atomic E-state index is 5.65. The van der Waals surface area contributed by atoms with Crippen molar-refractivity contribution >= 4 is 0 Å². The smallest absolute Gasteiger partial charge is 0.0808 e. The summed E-state index contributed by atoms with van der Waals surface area (Å²) < 4.78 is 11.3.